The third kappa shape index (κ3) is 9.39. The number of ether oxygens (including phenoxy) is 1. The monoisotopic (exact) mass is 261 g/mol. The molecule has 2 atom stereocenters. The van der Waals surface area contributed by atoms with Gasteiger partial charge in [-0.1, -0.05) is 13.8 Å². The Kier molecular flexibility index (Phi) is 8.15. The van der Waals surface area contributed by atoms with E-state index in [-0.39, 0.29) is 13.0 Å². The number of aliphatic hydroxyl groups is 2. The Balaban J connectivity index is 3.79. The molecule has 5 nitrogen and oxygen atoms in total. The van der Waals surface area contributed by atoms with Gasteiger partial charge >= 0.3 is 5.97 Å². The predicted molar refractivity (Wildman–Crippen MR) is 70.2 cm³/mol. The standard InChI is InChI=1S/C13H27NO4/c1-5-18-12(16)6-11(15)8-14-9-13(4,17)7-10(2)3/h10-11,14-15,17H,5-9H2,1-4H3. The van der Waals surface area contributed by atoms with E-state index in [4.69, 9.17) is 4.74 Å². The Morgan fingerprint density at radius 3 is 2.56 bits per heavy atom. The molecule has 0 spiro atoms. The van der Waals surface area contributed by atoms with Crippen molar-refractivity contribution in [3.05, 3.63) is 0 Å². The van der Waals surface area contributed by atoms with Gasteiger partial charge in [0.15, 0.2) is 0 Å². The summed E-state index contributed by atoms with van der Waals surface area (Å²) in [6.07, 6.45) is -0.111. The van der Waals surface area contributed by atoms with Gasteiger partial charge in [-0.15, -0.1) is 0 Å². The highest BCUT2D eigenvalue weighted by Crippen LogP contribution is 2.14. The van der Waals surface area contributed by atoms with Crippen LogP contribution in [-0.2, 0) is 9.53 Å². The third-order valence-corrected chi connectivity index (χ3v) is 2.44. The summed E-state index contributed by atoms with van der Waals surface area (Å²) in [7, 11) is 0. The molecule has 0 radical (unpaired) electrons. The molecular formula is C13H27NO4. The lowest BCUT2D eigenvalue weighted by Gasteiger charge is -2.26. The summed E-state index contributed by atoms with van der Waals surface area (Å²) < 4.78 is 4.74. The van der Waals surface area contributed by atoms with Gasteiger partial charge in [-0.25, -0.2) is 0 Å². The molecule has 0 rings (SSSR count). The molecule has 0 fully saturated rings. The van der Waals surface area contributed by atoms with Crippen molar-refractivity contribution >= 4 is 5.97 Å². The Bertz CT molecular complexity index is 241. The van der Waals surface area contributed by atoms with E-state index in [1.807, 2.05) is 13.8 Å². The second kappa shape index (κ2) is 8.45. The first-order valence-electron chi connectivity index (χ1n) is 6.53. The molecule has 0 bridgehead atoms. The summed E-state index contributed by atoms with van der Waals surface area (Å²) >= 11 is 0. The minimum atomic E-state index is -0.794. The lowest BCUT2D eigenvalue weighted by atomic mass is 9.94. The molecule has 0 aliphatic rings. The Labute approximate surface area is 110 Å². The molecule has 0 aromatic rings. The van der Waals surface area contributed by atoms with Crippen molar-refractivity contribution in [2.45, 2.75) is 52.2 Å². The molecule has 0 aromatic carbocycles. The number of carbonyl (C=O) groups excluding carboxylic acids is 1. The highest BCUT2D eigenvalue weighted by molar-refractivity contribution is 5.69. The number of esters is 1. The zero-order valence-electron chi connectivity index (χ0n) is 11.9. The lowest BCUT2D eigenvalue weighted by molar-refractivity contribution is -0.145. The number of carbonyl (C=O) groups is 1. The maximum absolute atomic E-state index is 11.1. The van der Waals surface area contributed by atoms with Gasteiger partial charge in [0.05, 0.1) is 24.7 Å². The number of hydrogen-bond donors (Lipinski definition) is 3. The molecule has 0 amide bonds. The van der Waals surface area contributed by atoms with E-state index in [0.29, 0.717) is 25.5 Å². The van der Waals surface area contributed by atoms with Crippen LogP contribution >= 0.6 is 0 Å². The largest absolute Gasteiger partial charge is 0.466 e. The summed E-state index contributed by atoms with van der Waals surface area (Å²) in [5.41, 5.74) is -0.794. The summed E-state index contributed by atoms with van der Waals surface area (Å²) in [4.78, 5) is 11.1. The fourth-order valence-corrected chi connectivity index (χ4v) is 1.94. The van der Waals surface area contributed by atoms with Crippen LogP contribution in [0.25, 0.3) is 0 Å². The van der Waals surface area contributed by atoms with Crippen LogP contribution in [-0.4, -0.2) is 47.6 Å². The van der Waals surface area contributed by atoms with E-state index in [1.165, 1.54) is 0 Å². The highest BCUT2D eigenvalue weighted by atomic mass is 16.5. The second-order valence-electron chi connectivity index (χ2n) is 5.39. The number of nitrogens with one attached hydrogen (secondary N) is 1. The van der Waals surface area contributed by atoms with Crippen LogP contribution in [0.2, 0.25) is 0 Å². The van der Waals surface area contributed by atoms with Crippen LogP contribution < -0.4 is 5.32 Å². The van der Waals surface area contributed by atoms with Crippen molar-refractivity contribution in [2.75, 3.05) is 19.7 Å². The van der Waals surface area contributed by atoms with Gasteiger partial charge in [0.2, 0.25) is 0 Å². The molecular weight excluding hydrogens is 234 g/mol. The Morgan fingerprint density at radius 2 is 2.06 bits per heavy atom. The van der Waals surface area contributed by atoms with Gasteiger partial charge in [0.1, 0.15) is 0 Å². The average Bonchev–Trinajstić information content (AvgIpc) is 2.14. The van der Waals surface area contributed by atoms with Gasteiger partial charge in [-0.05, 0) is 26.2 Å². The van der Waals surface area contributed by atoms with E-state index >= 15 is 0 Å². The van der Waals surface area contributed by atoms with Crippen LogP contribution in [0.1, 0.15) is 40.5 Å². The van der Waals surface area contributed by atoms with Gasteiger partial charge in [0.25, 0.3) is 0 Å². The highest BCUT2D eigenvalue weighted by Gasteiger charge is 2.22. The summed E-state index contributed by atoms with van der Waals surface area (Å²) in [6, 6.07) is 0. The maximum Gasteiger partial charge on any atom is 0.308 e. The molecule has 0 saturated carbocycles. The van der Waals surface area contributed by atoms with Crippen molar-refractivity contribution in [1.82, 2.24) is 5.32 Å². The molecule has 108 valence electrons. The molecule has 5 heteroatoms. The zero-order valence-corrected chi connectivity index (χ0v) is 11.9. The Morgan fingerprint density at radius 1 is 1.44 bits per heavy atom. The van der Waals surface area contributed by atoms with E-state index in [2.05, 4.69) is 5.32 Å². The molecule has 2 unspecified atom stereocenters. The van der Waals surface area contributed by atoms with E-state index in [0.717, 1.165) is 0 Å². The molecule has 0 aliphatic carbocycles. The minimum Gasteiger partial charge on any atom is -0.466 e. The maximum atomic E-state index is 11.1. The lowest BCUT2D eigenvalue weighted by Crippen LogP contribution is -2.42. The van der Waals surface area contributed by atoms with Crippen LogP contribution in [0.4, 0.5) is 0 Å². The minimum absolute atomic E-state index is 0.0207. The Hall–Kier alpha value is -0.650. The third-order valence-electron chi connectivity index (χ3n) is 2.44. The normalized spacial score (nSPS) is 16.4. The van der Waals surface area contributed by atoms with Crippen LogP contribution in [0.3, 0.4) is 0 Å². The van der Waals surface area contributed by atoms with Crippen molar-refractivity contribution in [2.24, 2.45) is 5.92 Å². The molecule has 0 aliphatic heterocycles. The fourth-order valence-electron chi connectivity index (χ4n) is 1.94. The van der Waals surface area contributed by atoms with Crippen molar-refractivity contribution in [3.8, 4) is 0 Å². The first-order chi connectivity index (χ1) is 8.26. The van der Waals surface area contributed by atoms with Crippen LogP contribution in [0.15, 0.2) is 0 Å². The molecule has 0 heterocycles. The predicted octanol–water partition coefficient (Wildman–Crippen LogP) is 0.687. The first kappa shape index (κ1) is 17.4. The van der Waals surface area contributed by atoms with Gasteiger partial charge in [-0.2, -0.15) is 0 Å². The summed E-state index contributed by atoms with van der Waals surface area (Å²) in [5, 5.41) is 22.6. The molecule has 0 aromatic heterocycles. The number of rotatable bonds is 9. The fraction of sp³-hybridized carbons (Fsp3) is 0.923. The summed E-state index contributed by atoms with van der Waals surface area (Å²) in [6.45, 7) is 8.57. The van der Waals surface area contributed by atoms with E-state index in [9.17, 15) is 15.0 Å². The summed E-state index contributed by atoms with van der Waals surface area (Å²) in [5.74, 6) is 0.00648. The van der Waals surface area contributed by atoms with Crippen molar-refractivity contribution < 1.29 is 19.7 Å². The van der Waals surface area contributed by atoms with Gasteiger partial charge in [-0.3, -0.25) is 4.79 Å². The van der Waals surface area contributed by atoms with Gasteiger partial charge < -0.3 is 20.3 Å². The van der Waals surface area contributed by atoms with E-state index < -0.39 is 17.7 Å². The van der Waals surface area contributed by atoms with Crippen LogP contribution in [0.5, 0.6) is 0 Å². The molecule has 18 heavy (non-hydrogen) atoms. The molecule has 3 N–H and O–H groups in total. The zero-order chi connectivity index (χ0) is 14.2. The molecule has 0 saturated heterocycles. The quantitative estimate of drug-likeness (QED) is 0.532. The first-order valence-corrected chi connectivity index (χ1v) is 6.53. The van der Waals surface area contributed by atoms with Crippen molar-refractivity contribution in [1.29, 1.82) is 0 Å². The average molecular weight is 261 g/mol. The number of hydrogen-bond acceptors (Lipinski definition) is 5. The number of aliphatic hydroxyl groups excluding tert-OH is 1. The van der Waals surface area contributed by atoms with Gasteiger partial charge in [0, 0.05) is 13.1 Å². The second-order valence-corrected chi connectivity index (χ2v) is 5.39. The SMILES string of the molecule is CCOC(=O)CC(O)CNCC(C)(O)CC(C)C. The smallest absolute Gasteiger partial charge is 0.308 e. The van der Waals surface area contributed by atoms with E-state index in [1.54, 1.807) is 13.8 Å². The van der Waals surface area contributed by atoms with Crippen LogP contribution in [0, 0.1) is 5.92 Å². The topological polar surface area (TPSA) is 78.8 Å². The van der Waals surface area contributed by atoms with Crippen molar-refractivity contribution in [3.63, 3.8) is 0 Å².